The SMILES string of the molecule is C[C@@H](C/C=C/[C@@H]1OC(C)(C)O[C@H]1CO)CCO[Si](c1ccccc1)(c1ccccc1)C(C)(C)C. The minimum Gasteiger partial charge on any atom is -0.407 e. The minimum absolute atomic E-state index is 0.00916. The van der Waals surface area contributed by atoms with E-state index in [4.69, 9.17) is 13.9 Å². The van der Waals surface area contributed by atoms with Crippen LogP contribution in [0.2, 0.25) is 5.04 Å². The van der Waals surface area contributed by atoms with Crippen molar-refractivity contribution in [3.8, 4) is 0 Å². The van der Waals surface area contributed by atoms with Gasteiger partial charge in [0.05, 0.1) is 6.61 Å². The Balaban J connectivity index is 1.68. The summed E-state index contributed by atoms with van der Waals surface area (Å²) in [4.78, 5) is 0. The van der Waals surface area contributed by atoms with Gasteiger partial charge in [-0.15, -0.1) is 0 Å². The predicted octanol–water partition coefficient (Wildman–Crippen LogP) is 5.05. The van der Waals surface area contributed by atoms with Gasteiger partial charge in [-0.3, -0.25) is 0 Å². The van der Waals surface area contributed by atoms with Crippen LogP contribution in [0.15, 0.2) is 72.8 Å². The monoisotopic (exact) mass is 482 g/mol. The van der Waals surface area contributed by atoms with Crippen molar-refractivity contribution in [2.75, 3.05) is 13.2 Å². The van der Waals surface area contributed by atoms with Gasteiger partial charge in [0.25, 0.3) is 8.32 Å². The summed E-state index contributed by atoms with van der Waals surface area (Å²) in [6, 6.07) is 21.6. The van der Waals surface area contributed by atoms with Crippen molar-refractivity contribution in [3.63, 3.8) is 0 Å². The maximum Gasteiger partial charge on any atom is 0.261 e. The molecule has 4 nitrogen and oxygen atoms in total. The zero-order valence-electron chi connectivity index (χ0n) is 21.7. The molecule has 1 saturated heterocycles. The van der Waals surface area contributed by atoms with Gasteiger partial charge >= 0.3 is 0 Å². The number of hydrogen-bond acceptors (Lipinski definition) is 4. The van der Waals surface area contributed by atoms with Crippen LogP contribution >= 0.6 is 0 Å². The Kier molecular flexibility index (Phi) is 8.93. The summed E-state index contributed by atoms with van der Waals surface area (Å²) in [5.74, 6) is -0.185. The fourth-order valence-corrected chi connectivity index (χ4v) is 9.48. The van der Waals surface area contributed by atoms with E-state index in [9.17, 15) is 5.11 Å². The molecule has 3 atom stereocenters. The molecule has 0 bridgehead atoms. The van der Waals surface area contributed by atoms with Crippen molar-refractivity contribution in [2.24, 2.45) is 5.92 Å². The molecule has 2 aromatic rings. The van der Waals surface area contributed by atoms with Crippen molar-refractivity contribution in [2.45, 2.75) is 77.4 Å². The number of allylic oxidation sites excluding steroid dienone is 1. The molecule has 5 heteroatoms. The third-order valence-corrected chi connectivity index (χ3v) is 11.7. The average Bonchev–Trinajstić information content (AvgIpc) is 3.10. The van der Waals surface area contributed by atoms with Crippen LogP contribution in [0.25, 0.3) is 0 Å². The lowest BCUT2D eigenvalue weighted by atomic mass is 10.0. The molecule has 0 spiro atoms. The maximum atomic E-state index is 9.57. The summed E-state index contributed by atoms with van der Waals surface area (Å²) in [5.41, 5.74) is 0. The van der Waals surface area contributed by atoms with Gasteiger partial charge in [-0.1, -0.05) is 101 Å². The smallest absolute Gasteiger partial charge is 0.261 e. The first-order chi connectivity index (χ1) is 16.1. The van der Waals surface area contributed by atoms with Crippen LogP contribution in [-0.2, 0) is 13.9 Å². The largest absolute Gasteiger partial charge is 0.407 e. The zero-order chi connectivity index (χ0) is 24.8. The first-order valence-corrected chi connectivity index (χ1v) is 14.4. The third kappa shape index (κ3) is 6.26. The van der Waals surface area contributed by atoms with E-state index in [2.05, 4.69) is 94.4 Å². The summed E-state index contributed by atoms with van der Waals surface area (Å²) >= 11 is 0. The lowest BCUT2D eigenvalue weighted by Crippen LogP contribution is -2.66. The minimum atomic E-state index is -2.48. The molecule has 1 aliphatic heterocycles. The van der Waals surface area contributed by atoms with Crippen LogP contribution < -0.4 is 10.4 Å². The summed E-state index contributed by atoms with van der Waals surface area (Å²) in [6.07, 6.45) is 5.59. The van der Waals surface area contributed by atoms with Crippen LogP contribution in [0.3, 0.4) is 0 Å². The summed E-state index contributed by atoms with van der Waals surface area (Å²) < 4.78 is 18.7. The Morgan fingerprint density at radius 1 is 1.00 bits per heavy atom. The van der Waals surface area contributed by atoms with Gasteiger partial charge in [0, 0.05) is 6.61 Å². The number of ether oxygens (including phenoxy) is 2. The molecule has 0 saturated carbocycles. The Morgan fingerprint density at radius 3 is 2.06 bits per heavy atom. The van der Waals surface area contributed by atoms with Crippen LogP contribution in [0.1, 0.15) is 54.4 Å². The van der Waals surface area contributed by atoms with Crippen molar-refractivity contribution in [1.82, 2.24) is 0 Å². The Hall–Kier alpha value is -1.76. The normalized spacial score (nSPS) is 21.7. The second-order valence-corrected chi connectivity index (χ2v) is 15.2. The molecule has 1 N–H and O–H groups in total. The Morgan fingerprint density at radius 2 is 1.56 bits per heavy atom. The number of aliphatic hydroxyl groups excluding tert-OH is 1. The number of hydrogen-bond donors (Lipinski definition) is 1. The van der Waals surface area contributed by atoms with Crippen molar-refractivity contribution < 1.29 is 19.0 Å². The summed E-state index contributed by atoms with van der Waals surface area (Å²) in [7, 11) is -2.48. The first kappa shape index (κ1) is 26.8. The highest BCUT2D eigenvalue weighted by Gasteiger charge is 2.50. The fraction of sp³-hybridized carbons (Fsp3) is 0.517. The van der Waals surface area contributed by atoms with Crippen molar-refractivity contribution in [3.05, 3.63) is 72.8 Å². The highest BCUT2D eigenvalue weighted by molar-refractivity contribution is 6.99. The molecule has 186 valence electrons. The highest BCUT2D eigenvalue weighted by Crippen LogP contribution is 2.37. The quantitative estimate of drug-likeness (QED) is 0.380. The molecular weight excluding hydrogens is 440 g/mol. The molecule has 0 aromatic heterocycles. The number of aliphatic hydroxyl groups is 1. The lowest BCUT2D eigenvalue weighted by Gasteiger charge is -2.43. The fourth-order valence-electron chi connectivity index (χ4n) is 4.91. The molecule has 2 aromatic carbocycles. The molecular formula is C29H42O4Si. The van der Waals surface area contributed by atoms with Gasteiger partial charge in [-0.25, -0.2) is 0 Å². The van der Waals surface area contributed by atoms with Crippen molar-refractivity contribution >= 4 is 18.7 Å². The van der Waals surface area contributed by atoms with E-state index in [1.807, 2.05) is 19.9 Å². The molecule has 1 heterocycles. The van der Waals surface area contributed by atoms with Crippen LogP contribution in [0.5, 0.6) is 0 Å². The van der Waals surface area contributed by atoms with Gasteiger partial charge in [0.2, 0.25) is 0 Å². The molecule has 34 heavy (non-hydrogen) atoms. The number of benzene rings is 2. The average molecular weight is 483 g/mol. The lowest BCUT2D eigenvalue weighted by molar-refractivity contribution is -0.146. The predicted molar refractivity (Wildman–Crippen MR) is 142 cm³/mol. The highest BCUT2D eigenvalue weighted by atomic mass is 28.4. The summed E-state index contributed by atoms with van der Waals surface area (Å²) in [6.45, 7) is 13.6. The van der Waals surface area contributed by atoms with Gasteiger partial charge in [0.1, 0.15) is 12.2 Å². The Bertz CT molecular complexity index is 865. The second kappa shape index (κ2) is 11.3. The van der Waals surface area contributed by atoms with E-state index < -0.39 is 14.1 Å². The molecule has 1 fully saturated rings. The molecule has 1 aliphatic rings. The molecule has 0 amide bonds. The van der Waals surface area contributed by atoms with Gasteiger partial charge in [-0.05, 0) is 48.0 Å². The molecule has 0 aliphatic carbocycles. The standard InChI is InChI=1S/C29H42O4Si/c1-23(14-13-19-26-27(22-30)33-29(5,6)32-26)20-21-31-34(28(2,3)4,24-15-9-7-10-16-24)25-17-11-8-12-18-25/h7-13,15-19,23,26-27,30H,14,20-22H2,1-6H3/b19-13+/t23-,26-,27-/m0/s1. The second-order valence-electron chi connectivity index (χ2n) is 10.9. The third-order valence-electron chi connectivity index (χ3n) is 6.61. The van der Waals surface area contributed by atoms with E-state index in [0.717, 1.165) is 19.4 Å². The Labute approximate surface area is 207 Å². The van der Waals surface area contributed by atoms with E-state index in [-0.39, 0.29) is 23.9 Å². The van der Waals surface area contributed by atoms with Gasteiger partial charge in [-0.2, -0.15) is 0 Å². The van der Waals surface area contributed by atoms with Crippen LogP contribution in [-0.4, -0.2) is 44.6 Å². The number of rotatable bonds is 10. The topological polar surface area (TPSA) is 47.9 Å². The van der Waals surface area contributed by atoms with E-state index in [1.165, 1.54) is 10.4 Å². The van der Waals surface area contributed by atoms with Crippen LogP contribution in [0, 0.1) is 5.92 Å². The van der Waals surface area contributed by atoms with Gasteiger partial charge in [0.15, 0.2) is 5.79 Å². The van der Waals surface area contributed by atoms with E-state index in [0.29, 0.717) is 5.92 Å². The summed E-state index contributed by atoms with van der Waals surface area (Å²) in [5, 5.41) is 12.2. The zero-order valence-corrected chi connectivity index (χ0v) is 22.7. The molecule has 0 unspecified atom stereocenters. The maximum absolute atomic E-state index is 9.57. The molecule has 3 rings (SSSR count). The molecule has 0 radical (unpaired) electrons. The van der Waals surface area contributed by atoms with Crippen molar-refractivity contribution in [1.29, 1.82) is 0 Å². The van der Waals surface area contributed by atoms with Crippen LogP contribution in [0.4, 0.5) is 0 Å². The van der Waals surface area contributed by atoms with E-state index >= 15 is 0 Å². The van der Waals surface area contributed by atoms with Gasteiger partial charge < -0.3 is 19.0 Å². The first-order valence-electron chi connectivity index (χ1n) is 12.5. The van der Waals surface area contributed by atoms with E-state index in [1.54, 1.807) is 0 Å².